The van der Waals surface area contributed by atoms with Crippen molar-refractivity contribution in [3.8, 4) is 5.75 Å². The second-order valence-corrected chi connectivity index (χ2v) is 3.50. The van der Waals surface area contributed by atoms with Gasteiger partial charge in [0.25, 0.3) is 0 Å². The summed E-state index contributed by atoms with van der Waals surface area (Å²) in [7, 11) is 0. The summed E-state index contributed by atoms with van der Waals surface area (Å²) in [6.07, 6.45) is 0.940. The van der Waals surface area contributed by atoms with Crippen LogP contribution in [0.5, 0.6) is 5.75 Å². The molecule has 72 valence electrons. The van der Waals surface area contributed by atoms with E-state index in [0.29, 0.717) is 12.4 Å². The van der Waals surface area contributed by atoms with Crippen LogP contribution in [0.4, 0.5) is 0 Å². The van der Waals surface area contributed by atoms with E-state index in [1.165, 1.54) is 12.1 Å². The molecule has 0 aliphatic heterocycles. The van der Waals surface area contributed by atoms with Gasteiger partial charge in [-0.3, -0.25) is 4.21 Å². The molecule has 0 aliphatic carbocycles. The van der Waals surface area contributed by atoms with Crippen molar-refractivity contribution >= 4 is 11.1 Å². The summed E-state index contributed by atoms with van der Waals surface area (Å²) in [4.78, 5) is 0.281. The minimum atomic E-state index is -2.15. The van der Waals surface area contributed by atoms with Gasteiger partial charge in [0.15, 0.2) is 0 Å². The third-order valence-electron chi connectivity index (χ3n) is 1.49. The van der Waals surface area contributed by atoms with E-state index in [1.54, 1.807) is 12.1 Å². The Labute approximate surface area is 80.0 Å². The lowest BCUT2D eigenvalue weighted by Crippen LogP contribution is -1.95. The molecule has 4 heteroatoms. The fourth-order valence-electron chi connectivity index (χ4n) is 0.867. The third kappa shape index (κ3) is 3.16. The van der Waals surface area contributed by atoms with E-state index in [-0.39, 0.29) is 4.90 Å². The van der Waals surface area contributed by atoms with Crippen LogP contribution in [-0.2, 0) is 11.1 Å². The van der Waals surface area contributed by atoms with E-state index in [1.807, 2.05) is 6.92 Å². The van der Waals surface area contributed by atoms with Gasteiger partial charge in [-0.1, -0.05) is 6.92 Å². The van der Waals surface area contributed by atoms with Gasteiger partial charge in [0, 0.05) is 4.90 Å². The lowest BCUT2D eigenvalue weighted by Gasteiger charge is -2.07. The number of benzene rings is 1. The monoisotopic (exact) mass is 199 g/mol. The van der Waals surface area contributed by atoms with Gasteiger partial charge in [-0.05, 0) is 41.8 Å². The van der Waals surface area contributed by atoms with Gasteiger partial charge >= 0.3 is 0 Å². The van der Waals surface area contributed by atoms with Gasteiger partial charge in [0.2, 0.25) is 0 Å². The first-order chi connectivity index (χ1) is 6.24. The molecule has 0 saturated carbocycles. The highest BCUT2D eigenvalue weighted by molar-refractivity contribution is 7.79. The highest BCUT2D eigenvalue weighted by Crippen LogP contribution is 2.13. The number of ether oxygens (including phenoxy) is 1. The quantitative estimate of drug-likeness (QED) is 0.693. The fourth-order valence-corrected chi connectivity index (χ4v) is 1.23. The second-order valence-electron chi connectivity index (χ2n) is 2.55. The predicted molar refractivity (Wildman–Crippen MR) is 49.4 cm³/mol. The van der Waals surface area contributed by atoms with Crippen LogP contribution in [0.25, 0.3) is 0 Å². The molecule has 0 bridgehead atoms. The van der Waals surface area contributed by atoms with E-state index in [2.05, 4.69) is 0 Å². The summed E-state index contributed by atoms with van der Waals surface area (Å²) in [6, 6.07) is 6.35. The first-order valence-electron chi connectivity index (χ1n) is 4.06. The van der Waals surface area contributed by atoms with Crippen LogP contribution in [0.1, 0.15) is 13.3 Å². The summed E-state index contributed by atoms with van der Waals surface area (Å²) in [6.45, 7) is 2.67. The normalized spacial score (nSPS) is 12.5. The Morgan fingerprint density at radius 3 is 2.46 bits per heavy atom. The van der Waals surface area contributed by atoms with Crippen molar-refractivity contribution in [3.05, 3.63) is 24.3 Å². The summed E-state index contributed by atoms with van der Waals surface area (Å²) in [5, 5.41) is 0. The van der Waals surface area contributed by atoms with Crippen LogP contribution in [0.2, 0.25) is 0 Å². The number of hydrogen-bond acceptors (Lipinski definition) is 3. The molecule has 1 aromatic carbocycles. The molecule has 0 aromatic heterocycles. The highest BCUT2D eigenvalue weighted by Gasteiger charge is 1.94. The van der Waals surface area contributed by atoms with Gasteiger partial charge in [-0.2, -0.15) is 0 Å². The Hall–Kier alpha value is -0.870. The van der Waals surface area contributed by atoms with Gasteiger partial charge in [0.1, 0.15) is 5.75 Å². The third-order valence-corrected chi connectivity index (χ3v) is 2.15. The maximum atomic E-state index is 10.5. The first-order valence-corrected chi connectivity index (χ1v) is 5.13. The van der Waals surface area contributed by atoms with Crippen LogP contribution in [-0.4, -0.2) is 15.4 Å². The molecule has 0 aliphatic rings. The predicted octanol–water partition coefficient (Wildman–Crippen LogP) is 1.71. The lowest BCUT2D eigenvalue weighted by atomic mass is 10.3. The van der Waals surface area contributed by atoms with Crippen molar-refractivity contribution in [2.75, 3.05) is 6.61 Å². The molecule has 1 aromatic rings. The molecule has 1 rings (SSSR count). The molecule has 13 heavy (non-hydrogen) atoms. The molecule has 0 fully saturated rings. The van der Waals surface area contributed by atoms with E-state index in [0.717, 1.165) is 6.42 Å². The van der Waals surface area contributed by atoms with Gasteiger partial charge in [-0.25, -0.2) is 0 Å². The van der Waals surface area contributed by atoms with Crippen LogP contribution in [0.15, 0.2) is 29.2 Å². The maximum Gasteiger partial charge on any atom is 0.119 e. The topological polar surface area (TPSA) is 49.4 Å². The van der Waals surface area contributed by atoms with Crippen LogP contribution in [0.3, 0.4) is 0 Å². The molecule has 3 nitrogen and oxygen atoms in total. The van der Waals surface area contributed by atoms with Gasteiger partial charge in [-0.15, -0.1) is 0 Å². The molecular formula is C9H11O3S-. The summed E-state index contributed by atoms with van der Waals surface area (Å²) < 4.78 is 26.3. The Balaban J connectivity index is 2.64. The molecule has 1 atom stereocenters. The Kier molecular flexibility index (Phi) is 3.92. The highest BCUT2D eigenvalue weighted by atomic mass is 32.2. The van der Waals surface area contributed by atoms with E-state index >= 15 is 0 Å². The number of rotatable bonds is 4. The molecule has 0 spiro atoms. The lowest BCUT2D eigenvalue weighted by molar-refractivity contribution is 0.317. The van der Waals surface area contributed by atoms with Crippen LogP contribution in [0, 0.1) is 0 Å². The van der Waals surface area contributed by atoms with Crippen molar-refractivity contribution in [1.82, 2.24) is 0 Å². The molecular weight excluding hydrogens is 188 g/mol. The minimum Gasteiger partial charge on any atom is -0.768 e. The zero-order valence-electron chi connectivity index (χ0n) is 7.36. The number of hydrogen-bond donors (Lipinski definition) is 0. The van der Waals surface area contributed by atoms with Gasteiger partial charge in [0.05, 0.1) is 6.61 Å². The van der Waals surface area contributed by atoms with Crippen molar-refractivity contribution in [2.24, 2.45) is 0 Å². The maximum absolute atomic E-state index is 10.5. The van der Waals surface area contributed by atoms with E-state index in [9.17, 15) is 8.76 Å². The smallest absolute Gasteiger partial charge is 0.119 e. The van der Waals surface area contributed by atoms with Crippen molar-refractivity contribution in [1.29, 1.82) is 0 Å². The average molecular weight is 199 g/mol. The minimum absolute atomic E-state index is 0.281. The van der Waals surface area contributed by atoms with Crippen molar-refractivity contribution in [2.45, 2.75) is 18.2 Å². The summed E-state index contributed by atoms with van der Waals surface area (Å²) >= 11 is -2.15. The Morgan fingerprint density at radius 1 is 1.38 bits per heavy atom. The summed E-state index contributed by atoms with van der Waals surface area (Å²) in [5.41, 5.74) is 0. The molecule has 0 saturated heterocycles. The Morgan fingerprint density at radius 2 is 2.00 bits per heavy atom. The standard InChI is InChI=1S/C9H12O3S/c1-2-7-12-8-3-5-9(6-4-8)13(10)11/h3-6H,2,7H2,1H3,(H,10,11)/p-1. The fraction of sp³-hybridized carbons (Fsp3) is 0.333. The molecule has 0 N–H and O–H groups in total. The van der Waals surface area contributed by atoms with Gasteiger partial charge < -0.3 is 9.29 Å². The van der Waals surface area contributed by atoms with E-state index < -0.39 is 11.1 Å². The zero-order valence-corrected chi connectivity index (χ0v) is 8.17. The zero-order chi connectivity index (χ0) is 9.68. The largest absolute Gasteiger partial charge is 0.768 e. The van der Waals surface area contributed by atoms with Crippen LogP contribution < -0.4 is 4.74 Å². The Bertz CT molecular complexity index is 281. The second kappa shape index (κ2) is 4.99. The molecule has 0 amide bonds. The van der Waals surface area contributed by atoms with Crippen molar-refractivity contribution < 1.29 is 13.5 Å². The van der Waals surface area contributed by atoms with Crippen molar-refractivity contribution in [3.63, 3.8) is 0 Å². The van der Waals surface area contributed by atoms with E-state index in [4.69, 9.17) is 4.74 Å². The molecule has 0 heterocycles. The summed E-state index contributed by atoms with van der Waals surface area (Å²) in [5.74, 6) is 0.705. The molecule has 0 radical (unpaired) electrons. The first kappa shape index (κ1) is 10.2. The molecule has 1 unspecified atom stereocenters. The average Bonchev–Trinajstić information content (AvgIpc) is 2.15. The SMILES string of the molecule is CCCOc1ccc(S(=O)[O-])cc1. The van der Waals surface area contributed by atoms with Crippen LogP contribution >= 0.6 is 0 Å².